The van der Waals surface area contributed by atoms with Crippen molar-refractivity contribution in [1.29, 1.82) is 0 Å². The summed E-state index contributed by atoms with van der Waals surface area (Å²) in [7, 11) is 0. The van der Waals surface area contributed by atoms with Crippen molar-refractivity contribution in [2.24, 2.45) is 0 Å². The third-order valence-corrected chi connectivity index (χ3v) is 4.36. The van der Waals surface area contributed by atoms with Gasteiger partial charge in [-0.1, -0.05) is 0 Å². The van der Waals surface area contributed by atoms with E-state index in [-0.39, 0.29) is 0 Å². The minimum absolute atomic E-state index is 0.490. The molecule has 122 valence electrons. The molecule has 1 unspecified atom stereocenters. The molecule has 1 atom stereocenters. The fraction of sp³-hybridized carbons (Fsp3) is 0.500. The molecule has 3 heterocycles. The van der Waals surface area contributed by atoms with Crippen LogP contribution in [0.25, 0.3) is 5.95 Å². The van der Waals surface area contributed by atoms with Gasteiger partial charge in [-0.25, -0.2) is 14.5 Å². The van der Waals surface area contributed by atoms with Gasteiger partial charge in [-0.15, -0.1) is 0 Å². The molecule has 23 heavy (non-hydrogen) atoms. The lowest BCUT2D eigenvalue weighted by Crippen LogP contribution is -2.37. The molecule has 2 aromatic heterocycles. The van der Waals surface area contributed by atoms with Gasteiger partial charge in [0.05, 0.1) is 5.69 Å². The zero-order valence-electron chi connectivity index (χ0n) is 13.9. The van der Waals surface area contributed by atoms with E-state index in [1.807, 2.05) is 38.7 Å². The van der Waals surface area contributed by atoms with Crippen molar-refractivity contribution < 1.29 is 9.90 Å². The van der Waals surface area contributed by atoms with Gasteiger partial charge in [-0.05, 0) is 46.6 Å². The molecule has 0 amide bonds. The molecular weight excluding hydrogens is 294 g/mol. The Kier molecular flexibility index (Phi) is 3.79. The summed E-state index contributed by atoms with van der Waals surface area (Å²) in [5.41, 5.74) is 3.61. The van der Waals surface area contributed by atoms with Crippen LogP contribution in [-0.2, 0) is 4.79 Å². The number of carboxylic acid groups (broad SMARTS) is 1. The Bertz CT molecular complexity index is 768. The summed E-state index contributed by atoms with van der Waals surface area (Å²) in [5, 5.41) is 13.9. The molecule has 0 spiro atoms. The van der Waals surface area contributed by atoms with E-state index < -0.39 is 12.0 Å². The predicted octanol–water partition coefficient (Wildman–Crippen LogP) is 1.95. The molecule has 0 bridgehead atoms. The summed E-state index contributed by atoms with van der Waals surface area (Å²) >= 11 is 0. The molecule has 1 fully saturated rings. The average molecular weight is 315 g/mol. The first kappa shape index (κ1) is 15.5. The Labute approximate surface area is 135 Å². The van der Waals surface area contributed by atoms with Crippen LogP contribution in [0.3, 0.4) is 0 Å². The van der Waals surface area contributed by atoms with Crippen LogP contribution in [0.1, 0.15) is 35.5 Å². The average Bonchev–Trinajstić information content (AvgIpc) is 3.08. The van der Waals surface area contributed by atoms with Crippen LogP contribution in [0, 0.1) is 27.7 Å². The van der Waals surface area contributed by atoms with Crippen LogP contribution in [0.5, 0.6) is 0 Å². The Morgan fingerprint density at radius 1 is 1.26 bits per heavy atom. The number of aryl methyl sites for hydroxylation is 3. The quantitative estimate of drug-likeness (QED) is 0.932. The van der Waals surface area contributed by atoms with E-state index in [1.54, 1.807) is 4.68 Å². The zero-order chi connectivity index (χ0) is 16.7. The number of aromatic nitrogens is 4. The summed E-state index contributed by atoms with van der Waals surface area (Å²) in [4.78, 5) is 22.5. The highest BCUT2D eigenvalue weighted by molar-refractivity contribution is 5.79. The number of carboxylic acids is 1. The topological polar surface area (TPSA) is 84.1 Å². The molecule has 0 aliphatic carbocycles. The third-order valence-electron chi connectivity index (χ3n) is 4.36. The van der Waals surface area contributed by atoms with Crippen molar-refractivity contribution in [2.75, 3.05) is 11.4 Å². The first-order valence-corrected chi connectivity index (χ1v) is 7.77. The normalized spacial score (nSPS) is 17.7. The number of aliphatic carboxylic acids is 1. The summed E-state index contributed by atoms with van der Waals surface area (Å²) in [5.74, 6) is 0.389. The summed E-state index contributed by atoms with van der Waals surface area (Å²) in [6.07, 6.45) is 1.50. The fourth-order valence-corrected chi connectivity index (χ4v) is 3.08. The number of rotatable bonds is 3. The third kappa shape index (κ3) is 2.67. The highest BCUT2D eigenvalue weighted by Gasteiger charge is 2.33. The van der Waals surface area contributed by atoms with Gasteiger partial charge in [0.1, 0.15) is 11.9 Å². The molecule has 1 aliphatic heterocycles. The van der Waals surface area contributed by atoms with Crippen LogP contribution in [0.15, 0.2) is 6.07 Å². The van der Waals surface area contributed by atoms with Gasteiger partial charge in [-0.2, -0.15) is 10.1 Å². The van der Waals surface area contributed by atoms with Crippen LogP contribution in [0.2, 0.25) is 0 Å². The Morgan fingerprint density at radius 3 is 2.61 bits per heavy atom. The predicted molar refractivity (Wildman–Crippen MR) is 86.1 cm³/mol. The second kappa shape index (κ2) is 5.64. The molecule has 1 aliphatic rings. The summed E-state index contributed by atoms with van der Waals surface area (Å²) in [6, 6.07) is 1.45. The van der Waals surface area contributed by atoms with E-state index in [4.69, 9.17) is 0 Å². The molecule has 7 heteroatoms. The zero-order valence-corrected chi connectivity index (χ0v) is 13.9. The Morgan fingerprint density at radius 2 is 2.00 bits per heavy atom. The number of hydrogen-bond acceptors (Lipinski definition) is 5. The minimum atomic E-state index is -0.800. The maximum atomic E-state index is 11.5. The van der Waals surface area contributed by atoms with Crippen molar-refractivity contribution in [3.8, 4) is 5.95 Å². The maximum Gasteiger partial charge on any atom is 0.326 e. The Hall–Kier alpha value is -2.44. The van der Waals surface area contributed by atoms with Crippen molar-refractivity contribution in [1.82, 2.24) is 19.7 Å². The Balaban J connectivity index is 2.11. The second-order valence-electron chi connectivity index (χ2n) is 6.09. The monoisotopic (exact) mass is 315 g/mol. The van der Waals surface area contributed by atoms with Gasteiger partial charge in [0.15, 0.2) is 0 Å². The standard InChI is InChI=1S/C16H21N5O2/c1-9-8-10(2)21(19-9)16-17-12(4)11(3)14(18-16)20-7-5-6-13(20)15(22)23/h8,13H,5-7H2,1-4H3,(H,22,23). The van der Waals surface area contributed by atoms with Gasteiger partial charge < -0.3 is 10.0 Å². The highest BCUT2D eigenvalue weighted by Crippen LogP contribution is 2.28. The number of hydrogen-bond donors (Lipinski definition) is 1. The lowest BCUT2D eigenvalue weighted by molar-refractivity contribution is -0.138. The lowest BCUT2D eigenvalue weighted by atomic mass is 10.2. The molecule has 0 aromatic carbocycles. The van der Waals surface area contributed by atoms with Crippen LogP contribution in [0.4, 0.5) is 5.82 Å². The maximum absolute atomic E-state index is 11.5. The summed E-state index contributed by atoms with van der Waals surface area (Å²) < 4.78 is 1.71. The first-order chi connectivity index (χ1) is 10.9. The van der Waals surface area contributed by atoms with E-state index in [2.05, 4.69) is 15.1 Å². The first-order valence-electron chi connectivity index (χ1n) is 7.77. The van der Waals surface area contributed by atoms with Gasteiger partial charge in [0.2, 0.25) is 0 Å². The lowest BCUT2D eigenvalue weighted by Gasteiger charge is -2.25. The van der Waals surface area contributed by atoms with Crippen LogP contribution < -0.4 is 4.90 Å². The molecule has 0 saturated carbocycles. The SMILES string of the molecule is Cc1cc(C)n(-c2nc(C)c(C)c(N3CCCC3C(=O)O)n2)n1. The van der Waals surface area contributed by atoms with Gasteiger partial charge in [-0.3, -0.25) is 0 Å². The van der Waals surface area contributed by atoms with Crippen molar-refractivity contribution >= 4 is 11.8 Å². The molecular formula is C16H21N5O2. The summed E-state index contributed by atoms with van der Waals surface area (Å²) in [6.45, 7) is 8.43. The second-order valence-corrected chi connectivity index (χ2v) is 6.09. The molecule has 2 aromatic rings. The fourth-order valence-electron chi connectivity index (χ4n) is 3.08. The van der Waals surface area contributed by atoms with E-state index >= 15 is 0 Å². The number of anilines is 1. The number of nitrogens with zero attached hydrogens (tertiary/aromatic N) is 5. The highest BCUT2D eigenvalue weighted by atomic mass is 16.4. The van der Waals surface area contributed by atoms with E-state index in [0.717, 1.165) is 29.1 Å². The van der Waals surface area contributed by atoms with Crippen LogP contribution >= 0.6 is 0 Å². The molecule has 0 radical (unpaired) electrons. The van der Waals surface area contributed by atoms with E-state index in [0.29, 0.717) is 24.7 Å². The van der Waals surface area contributed by atoms with Gasteiger partial charge >= 0.3 is 5.97 Å². The van der Waals surface area contributed by atoms with E-state index in [1.165, 1.54) is 0 Å². The minimum Gasteiger partial charge on any atom is -0.480 e. The largest absolute Gasteiger partial charge is 0.480 e. The van der Waals surface area contributed by atoms with E-state index in [9.17, 15) is 9.90 Å². The molecule has 1 N–H and O–H groups in total. The van der Waals surface area contributed by atoms with Crippen LogP contribution in [-0.4, -0.2) is 43.4 Å². The van der Waals surface area contributed by atoms with Gasteiger partial charge in [0, 0.05) is 23.5 Å². The molecule has 7 nitrogen and oxygen atoms in total. The smallest absolute Gasteiger partial charge is 0.326 e. The molecule has 3 rings (SSSR count). The van der Waals surface area contributed by atoms with Crippen molar-refractivity contribution in [2.45, 2.75) is 46.6 Å². The number of carbonyl (C=O) groups is 1. The van der Waals surface area contributed by atoms with Gasteiger partial charge in [0.25, 0.3) is 5.95 Å². The van der Waals surface area contributed by atoms with Crippen molar-refractivity contribution in [3.05, 3.63) is 28.7 Å². The molecule has 1 saturated heterocycles. The van der Waals surface area contributed by atoms with Crippen molar-refractivity contribution in [3.63, 3.8) is 0 Å².